The third-order valence-electron chi connectivity index (χ3n) is 5.26. The second kappa shape index (κ2) is 11.5. The van der Waals surface area contributed by atoms with E-state index < -0.39 is 0 Å². The van der Waals surface area contributed by atoms with Gasteiger partial charge >= 0.3 is 0 Å². The number of nitrogens with one attached hydrogen (secondary N) is 1. The number of pyridine rings is 2. The summed E-state index contributed by atoms with van der Waals surface area (Å²) >= 11 is 0. The van der Waals surface area contributed by atoms with Gasteiger partial charge in [-0.25, -0.2) is 4.98 Å². The lowest BCUT2D eigenvalue weighted by molar-refractivity contribution is 0.119. The summed E-state index contributed by atoms with van der Waals surface area (Å²) in [4.78, 5) is 17.4. The second-order valence-electron chi connectivity index (χ2n) is 7.57. The molecule has 0 bridgehead atoms. The molecule has 2 aromatic heterocycles. The minimum absolute atomic E-state index is 0.145. The van der Waals surface area contributed by atoms with Crippen LogP contribution in [0.1, 0.15) is 39.2 Å². The SMILES string of the molecule is C=N/C=C(/C(C)Cc1cnc2cc(N(CC)CCCC)nc(N)c2c1)N(C)CNO. The molecule has 1 unspecified atom stereocenters. The summed E-state index contributed by atoms with van der Waals surface area (Å²) in [5.74, 6) is 1.53. The summed E-state index contributed by atoms with van der Waals surface area (Å²) in [6, 6.07) is 4.09. The van der Waals surface area contributed by atoms with Crippen molar-refractivity contribution >= 4 is 29.3 Å². The van der Waals surface area contributed by atoms with Crippen molar-refractivity contribution in [2.45, 2.75) is 40.0 Å². The first kappa shape index (κ1) is 23.6. The summed E-state index contributed by atoms with van der Waals surface area (Å²) in [5.41, 5.74) is 11.4. The molecule has 8 nitrogen and oxygen atoms in total. The number of hydrogen-bond donors (Lipinski definition) is 3. The van der Waals surface area contributed by atoms with Crippen LogP contribution in [-0.4, -0.2) is 53.6 Å². The summed E-state index contributed by atoms with van der Waals surface area (Å²) < 4.78 is 0. The molecule has 0 aliphatic heterocycles. The third kappa shape index (κ3) is 5.90. The van der Waals surface area contributed by atoms with E-state index in [1.807, 2.05) is 24.2 Å². The van der Waals surface area contributed by atoms with Crippen LogP contribution in [-0.2, 0) is 6.42 Å². The van der Waals surface area contributed by atoms with Gasteiger partial charge in [0, 0.05) is 55.6 Å². The lowest BCUT2D eigenvalue weighted by Gasteiger charge is -2.26. The lowest BCUT2D eigenvalue weighted by atomic mass is 9.98. The van der Waals surface area contributed by atoms with Gasteiger partial charge in [-0.05, 0) is 38.1 Å². The van der Waals surface area contributed by atoms with Gasteiger partial charge in [0.2, 0.25) is 0 Å². The molecule has 8 heteroatoms. The molecule has 0 saturated carbocycles. The Morgan fingerprint density at radius 2 is 2.17 bits per heavy atom. The Bertz CT molecular complexity index is 868. The minimum atomic E-state index is 0.145. The molecule has 164 valence electrons. The van der Waals surface area contributed by atoms with Crippen molar-refractivity contribution in [2.24, 2.45) is 10.9 Å². The largest absolute Gasteiger partial charge is 0.383 e. The zero-order valence-corrected chi connectivity index (χ0v) is 18.6. The van der Waals surface area contributed by atoms with Crippen LogP contribution in [0.2, 0.25) is 0 Å². The van der Waals surface area contributed by atoms with Crippen LogP contribution < -0.4 is 16.1 Å². The van der Waals surface area contributed by atoms with Gasteiger partial charge in [-0.1, -0.05) is 20.3 Å². The minimum Gasteiger partial charge on any atom is -0.383 e. The summed E-state index contributed by atoms with van der Waals surface area (Å²) in [7, 11) is 1.89. The molecule has 0 aliphatic carbocycles. The van der Waals surface area contributed by atoms with Gasteiger partial charge in [0.1, 0.15) is 11.6 Å². The molecule has 2 aromatic rings. The zero-order valence-electron chi connectivity index (χ0n) is 18.6. The van der Waals surface area contributed by atoms with Crippen molar-refractivity contribution < 1.29 is 5.21 Å². The quantitative estimate of drug-likeness (QED) is 0.278. The normalized spacial score (nSPS) is 12.8. The van der Waals surface area contributed by atoms with Crippen molar-refractivity contribution in [3.8, 4) is 0 Å². The molecule has 0 amide bonds. The average Bonchev–Trinajstić information content (AvgIpc) is 2.73. The van der Waals surface area contributed by atoms with Crippen LogP contribution >= 0.6 is 0 Å². The molecular weight excluding hydrogens is 378 g/mol. The Morgan fingerprint density at radius 1 is 1.40 bits per heavy atom. The van der Waals surface area contributed by atoms with Gasteiger partial charge in [0.25, 0.3) is 0 Å². The van der Waals surface area contributed by atoms with Crippen molar-refractivity contribution in [1.29, 1.82) is 0 Å². The molecule has 0 aliphatic rings. The maximum atomic E-state index is 9.00. The van der Waals surface area contributed by atoms with Gasteiger partial charge in [-0.3, -0.25) is 9.98 Å². The van der Waals surface area contributed by atoms with Crippen molar-refractivity contribution in [3.63, 3.8) is 0 Å². The first-order valence-electron chi connectivity index (χ1n) is 10.5. The van der Waals surface area contributed by atoms with E-state index in [2.05, 4.69) is 58.9 Å². The first-order chi connectivity index (χ1) is 14.4. The average molecular weight is 414 g/mol. The van der Waals surface area contributed by atoms with Gasteiger partial charge in [0.15, 0.2) is 0 Å². The van der Waals surface area contributed by atoms with Crippen molar-refractivity contribution in [3.05, 3.63) is 35.8 Å². The monoisotopic (exact) mass is 413 g/mol. The number of nitrogens with two attached hydrogens (primary N) is 1. The predicted octanol–water partition coefficient (Wildman–Crippen LogP) is 3.43. The molecule has 30 heavy (non-hydrogen) atoms. The standard InChI is InChI=1S/C22H35N7O/c1-6-8-9-29(7-2)21-12-19-18(22(23)27-21)11-17(13-25-19)10-16(3)20(14-24-4)28(5)15-26-30/h11-14,16,26,30H,4,6-10,15H2,1-3,5H3,(H2,23,27)/b20-14-. The fourth-order valence-electron chi connectivity index (χ4n) is 3.59. The molecule has 0 saturated heterocycles. The zero-order chi connectivity index (χ0) is 22.1. The predicted molar refractivity (Wildman–Crippen MR) is 125 cm³/mol. The summed E-state index contributed by atoms with van der Waals surface area (Å²) in [6.45, 7) is 12.1. The van der Waals surface area contributed by atoms with Crippen LogP contribution in [0.15, 0.2) is 35.2 Å². The van der Waals surface area contributed by atoms with Crippen LogP contribution in [0.5, 0.6) is 0 Å². The Kier molecular flexibility index (Phi) is 9.01. The molecule has 0 radical (unpaired) electrons. The molecular formula is C22H35N7O. The summed E-state index contributed by atoms with van der Waals surface area (Å²) in [5, 5.41) is 9.87. The highest BCUT2D eigenvalue weighted by Gasteiger charge is 2.16. The Morgan fingerprint density at radius 3 is 2.80 bits per heavy atom. The van der Waals surface area contributed by atoms with E-state index in [1.165, 1.54) is 0 Å². The van der Waals surface area contributed by atoms with E-state index in [1.54, 1.807) is 6.20 Å². The van der Waals surface area contributed by atoms with E-state index in [9.17, 15) is 0 Å². The van der Waals surface area contributed by atoms with Crippen LogP contribution in [0.25, 0.3) is 10.9 Å². The first-order valence-corrected chi connectivity index (χ1v) is 10.5. The van der Waals surface area contributed by atoms with Crippen molar-refractivity contribution in [1.82, 2.24) is 20.3 Å². The molecule has 4 N–H and O–H groups in total. The van der Waals surface area contributed by atoms with E-state index in [4.69, 9.17) is 10.9 Å². The number of hydroxylamine groups is 1. The van der Waals surface area contributed by atoms with Gasteiger partial charge < -0.3 is 20.7 Å². The number of fused-ring (bicyclic) bond motifs is 1. The third-order valence-corrected chi connectivity index (χ3v) is 5.26. The molecule has 1 atom stereocenters. The highest BCUT2D eigenvalue weighted by atomic mass is 16.5. The van der Waals surface area contributed by atoms with Gasteiger partial charge in [-0.2, -0.15) is 5.48 Å². The van der Waals surface area contributed by atoms with Gasteiger partial charge in [-0.15, -0.1) is 0 Å². The Hall–Kier alpha value is -2.71. The number of nitrogen functional groups attached to an aromatic ring is 1. The second-order valence-corrected chi connectivity index (χ2v) is 7.57. The van der Waals surface area contributed by atoms with Crippen LogP contribution in [0, 0.1) is 5.92 Å². The Balaban J connectivity index is 2.28. The van der Waals surface area contributed by atoms with Gasteiger partial charge in [0.05, 0.1) is 12.2 Å². The number of aromatic nitrogens is 2. The fraction of sp³-hybridized carbons (Fsp3) is 0.500. The summed E-state index contributed by atoms with van der Waals surface area (Å²) in [6.07, 6.45) is 6.62. The Labute approximate surface area is 179 Å². The maximum Gasteiger partial charge on any atom is 0.135 e. The van der Waals surface area contributed by atoms with E-state index in [0.29, 0.717) is 12.5 Å². The number of aliphatic imine (C=N–C) groups is 1. The highest BCUT2D eigenvalue weighted by molar-refractivity contribution is 5.90. The topological polar surface area (TPSA) is 103 Å². The number of allylic oxidation sites excluding steroid dienone is 1. The molecule has 2 heterocycles. The van der Waals surface area contributed by atoms with E-state index in [0.717, 1.165) is 60.3 Å². The number of unbranched alkanes of at least 4 members (excludes halogenated alkanes) is 1. The molecule has 2 rings (SSSR count). The maximum absolute atomic E-state index is 9.00. The molecule has 0 fully saturated rings. The number of hydrogen-bond acceptors (Lipinski definition) is 8. The van der Waals surface area contributed by atoms with Crippen LogP contribution in [0.3, 0.4) is 0 Å². The molecule has 0 spiro atoms. The fourth-order valence-corrected chi connectivity index (χ4v) is 3.59. The van der Waals surface area contributed by atoms with Crippen molar-refractivity contribution in [2.75, 3.05) is 37.4 Å². The van der Waals surface area contributed by atoms with Crippen LogP contribution in [0.4, 0.5) is 11.6 Å². The number of anilines is 2. The van der Waals surface area contributed by atoms with E-state index >= 15 is 0 Å². The number of nitrogens with zero attached hydrogens (tertiary/aromatic N) is 5. The highest BCUT2D eigenvalue weighted by Crippen LogP contribution is 2.26. The molecule has 0 aromatic carbocycles. The lowest BCUT2D eigenvalue weighted by Crippen LogP contribution is -2.31. The smallest absolute Gasteiger partial charge is 0.135 e. The van der Waals surface area contributed by atoms with E-state index in [-0.39, 0.29) is 5.92 Å². The number of rotatable bonds is 12.